The van der Waals surface area contributed by atoms with Gasteiger partial charge in [0.05, 0.1) is 11.9 Å². The molecule has 4 aromatic rings. The van der Waals surface area contributed by atoms with E-state index < -0.39 is 0 Å². The molecule has 0 aliphatic carbocycles. The standard InChI is InChI=1S/C25H28N6O2/c1-3-4-12-26-25(33)29-19-9-7-8-18(13-19)16-27-23-14-21(20-10-5-6-11-22(20)32)30-24-17(2)15-28-31(23)24/h5-11,13-15,27,32H,3-4,12,16H2,1-2H3,(H2,26,29,33). The van der Waals surface area contributed by atoms with E-state index in [2.05, 4.69) is 28.0 Å². The van der Waals surface area contributed by atoms with E-state index in [1.165, 1.54) is 0 Å². The second-order valence-electron chi connectivity index (χ2n) is 7.90. The molecule has 4 rings (SSSR count). The van der Waals surface area contributed by atoms with Crippen molar-refractivity contribution in [2.24, 2.45) is 0 Å². The van der Waals surface area contributed by atoms with E-state index in [4.69, 9.17) is 4.98 Å². The predicted octanol–water partition coefficient (Wildman–Crippen LogP) is 4.94. The number of para-hydroxylation sites is 1. The van der Waals surface area contributed by atoms with Crippen LogP contribution in [0.4, 0.5) is 16.3 Å². The number of unbranched alkanes of at least 4 members (excludes halogenated alkanes) is 1. The molecule has 0 spiro atoms. The normalized spacial score (nSPS) is 10.8. The maximum Gasteiger partial charge on any atom is 0.319 e. The number of fused-ring (bicyclic) bond motifs is 1. The Morgan fingerprint density at radius 1 is 1.12 bits per heavy atom. The minimum Gasteiger partial charge on any atom is -0.507 e. The van der Waals surface area contributed by atoms with Gasteiger partial charge in [0.1, 0.15) is 11.6 Å². The minimum absolute atomic E-state index is 0.174. The molecule has 2 amide bonds. The third-order valence-corrected chi connectivity index (χ3v) is 5.30. The Bertz CT molecular complexity index is 1270. The summed E-state index contributed by atoms with van der Waals surface area (Å²) in [5, 5.41) is 23.9. The van der Waals surface area contributed by atoms with Crippen LogP contribution >= 0.6 is 0 Å². The number of rotatable bonds is 8. The van der Waals surface area contributed by atoms with Gasteiger partial charge < -0.3 is 21.1 Å². The summed E-state index contributed by atoms with van der Waals surface area (Å²) in [7, 11) is 0. The smallest absolute Gasteiger partial charge is 0.319 e. The maximum atomic E-state index is 12.0. The first kappa shape index (κ1) is 22.1. The van der Waals surface area contributed by atoms with Crippen molar-refractivity contribution in [3.05, 3.63) is 71.9 Å². The van der Waals surface area contributed by atoms with E-state index in [1.807, 2.05) is 49.4 Å². The van der Waals surface area contributed by atoms with Gasteiger partial charge >= 0.3 is 6.03 Å². The minimum atomic E-state index is -0.205. The summed E-state index contributed by atoms with van der Waals surface area (Å²) in [6.45, 7) is 5.21. The Hall–Kier alpha value is -4.07. The lowest BCUT2D eigenvalue weighted by Crippen LogP contribution is -2.29. The molecule has 0 fully saturated rings. The first-order valence-corrected chi connectivity index (χ1v) is 11.1. The van der Waals surface area contributed by atoms with E-state index in [-0.39, 0.29) is 11.8 Å². The van der Waals surface area contributed by atoms with Crippen LogP contribution in [0.1, 0.15) is 30.9 Å². The number of carbonyl (C=O) groups excluding carboxylic acids is 1. The Balaban J connectivity index is 1.54. The third kappa shape index (κ3) is 5.23. The fourth-order valence-corrected chi connectivity index (χ4v) is 3.53. The number of aromatic hydroxyl groups is 1. The van der Waals surface area contributed by atoms with Crippen molar-refractivity contribution in [3.63, 3.8) is 0 Å². The van der Waals surface area contributed by atoms with E-state index in [1.54, 1.807) is 22.8 Å². The summed E-state index contributed by atoms with van der Waals surface area (Å²) < 4.78 is 1.75. The largest absolute Gasteiger partial charge is 0.507 e. The molecule has 0 bridgehead atoms. The number of phenols is 1. The van der Waals surface area contributed by atoms with E-state index >= 15 is 0 Å². The third-order valence-electron chi connectivity index (χ3n) is 5.30. The Morgan fingerprint density at radius 3 is 2.79 bits per heavy atom. The van der Waals surface area contributed by atoms with Gasteiger partial charge in [0, 0.05) is 36.0 Å². The monoisotopic (exact) mass is 444 g/mol. The van der Waals surface area contributed by atoms with Crippen molar-refractivity contribution >= 4 is 23.2 Å². The summed E-state index contributed by atoms with van der Waals surface area (Å²) in [4.78, 5) is 16.8. The molecule has 2 heterocycles. The number of anilines is 2. The van der Waals surface area contributed by atoms with Crippen molar-refractivity contribution in [2.75, 3.05) is 17.2 Å². The Labute approximate surface area is 192 Å². The van der Waals surface area contributed by atoms with Gasteiger partial charge in [-0.3, -0.25) is 0 Å². The number of aromatic nitrogens is 3. The molecule has 0 atom stereocenters. The second kappa shape index (κ2) is 10.0. The first-order valence-electron chi connectivity index (χ1n) is 11.1. The summed E-state index contributed by atoms with van der Waals surface area (Å²) in [6, 6.07) is 16.5. The van der Waals surface area contributed by atoms with Crippen molar-refractivity contribution in [1.29, 1.82) is 0 Å². The highest BCUT2D eigenvalue weighted by Gasteiger charge is 2.13. The molecule has 0 radical (unpaired) electrons. The molecule has 0 saturated heterocycles. The molecule has 2 aromatic heterocycles. The summed E-state index contributed by atoms with van der Waals surface area (Å²) in [6.07, 6.45) is 3.75. The molecule has 0 saturated carbocycles. The van der Waals surface area contributed by atoms with Gasteiger partial charge in [0.25, 0.3) is 0 Å². The summed E-state index contributed by atoms with van der Waals surface area (Å²) in [5.74, 6) is 0.926. The van der Waals surface area contributed by atoms with Crippen molar-refractivity contribution < 1.29 is 9.90 Å². The van der Waals surface area contributed by atoms with Gasteiger partial charge in [-0.2, -0.15) is 9.61 Å². The molecular weight excluding hydrogens is 416 g/mol. The van der Waals surface area contributed by atoms with Gasteiger partial charge in [-0.05, 0) is 43.2 Å². The van der Waals surface area contributed by atoms with Gasteiger partial charge in [0.2, 0.25) is 0 Å². The summed E-state index contributed by atoms with van der Waals surface area (Å²) in [5.41, 5.74) is 4.70. The number of aryl methyl sites for hydroxylation is 1. The molecule has 0 aliphatic rings. The average Bonchev–Trinajstić information content (AvgIpc) is 3.19. The lowest BCUT2D eigenvalue weighted by Gasteiger charge is -2.13. The Kier molecular flexibility index (Phi) is 6.73. The number of benzene rings is 2. The highest BCUT2D eigenvalue weighted by molar-refractivity contribution is 5.89. The molecule has 8 heteroatoms. The maximum absolute atomic E-state index is 12.0. The second-order valence-corrected chi connectivity index (χ2v) is 7.90. The molecule has 2 aromatic carbocycles. The first-order chi connectivity index (χ1) is 16.0. The number of nitrogens with one attached hydrogen (secondary N) is 3. The number of hydrogen-bond acceptors (Lipinski definition) is 5. The highest BCUT2D eigenvalue weighted by Crippen LogP contribution is 2.30. The van der Waals surface area contributed by atoms with Gasteiger partial charge in [0.15, 0.2) is 5.65 Å². The fourth-order valence-electron chi connectivity index (χ4n) is 3.53. The number of amides is 2. The molecule has 33 heavy (non-hydrogen) atoms. The zero-order valence-electron chi connectivity index (χ0n) is 18.8. The molecule has 170 valence electrons. The van der Waals surface area contributed by atoms with E-state index in [9.17, 15) is 9.90 Å². The summed E-state index contributed by atoms with van der Waals surface area (Å²) >= 11 is 0. The van der Waals surface area contributed by atoms with Crippen molar-refractivity contribution in [2.45, 2.75) is 33.2 Å². The molecule has 8 nitrogen and oxygen atoms in total. The topological polar surface area (TPSA) is 104 Å². The van der Waals surface area contributed by atoms with Gasteiger partial charge in [-0.1, -0.05) is 37.6 Å². The quantitative estimate of drug-likeness (QED) is 0.288. The van der Waals surface area contributed by atoms with Crippen LogP contribution in [0.3, 0.4) is 0 Å². The van der Waals surface area contributed by atoms with Crippen LogP contribution in [0.25, 0.3) is 16.9 Å². The van der Waals surface area contributed by atoms with Gasteiger partial charge in [-0.15, -0.1) is 0 Å². The van der Waals surface area contributed by atoms with Crippen LogP contribution in [-0.4, -0.2) is 32.3 Å². The van der Waals surface area contributed by atoms with Gasteiger partial charge in [-0.25, -0.2) is 9.78 Å². The van der Waals surface area contributed by atoms with Crippen LogP contribution in [0.5, 0.6) is 5.75 Å². The lowest BCUT2D eigenvalue weighted by molar-refractivity contribution is 0.252. The number of carbonyl (C=O) groups is 1. The molecule has 0 unspecified atom stereocenters. The van der Waals surface area contributed by atoms with E-state index in [0.29, 0.717) is 24.3 Å². The zero-order chi connectivity index (χ0) is 23.2. The van der Waals surface area contributed by atoms with Crippen LogP contribution in [0.2, 0.25) is 0 Å². The Morgan fingerprint density at radius 2 is 1.97 bits per heavy atom. The molecular formula is C25H28N6O2. The number of nitrogens with zero attached hydrogens (tertiary/aromatic N) is 3. The number of urea groups is 1. The van der Waals surface area contributed by atoms with Crippen LogP contribution in [-0.2, 0) is 6.54 Å². The fraction of sp³-hybridized carbons (Fsp3) is 0.240. The molecule has 0 aliphatic heterocycles. The predicted molar refractivity (Wildman–Crippen MR) is 131 cm³/mol. The highest BCUT2D eigenvalue weighted by atomic mass is 16.3. The number of phenolic OH excluding ortho intramolecular Hbond substituents is 1. The van der Waals surface area contributed by atoms with E-state index in [0.717, 1.165) is 41.1 Å². The van der Waals surface area contributed by atoms with Crippen molar-refractivity contribution in [3.8, 4) is 17.0 Å². The number of hydrogen-bond donors (Lipinski definition) is 4. The zero-order valence-corrected chi connectivity index (χ0v) is 18.8. The van der Waals surface area contributed by atoms with Crippen LogP contribution < -0.4 is 16.0 Å². The average molecular weight is 445 g/mol. The molecule has 4 N–H and O–H groups in total. The van der Waals surface area contributed by atoms with Crippen molar-refractivity contribution in [1.82, 2.24) is 19.9 Å². The SMILES string of the molecule is CCCCNC(=O)Nc1cccc(CNc2cc(-c3ccccc3O)nc3c(C)cnn23)c1. The van der Waals surface area contributed by atoms with Crippen LogP contribution in [0.15, 0.2) is 60.8 Å². The lowest BCUT2D eigenvalue weighted by atomic mass is 10.1. The van der Waals surface area contributed by atoms with Crippen LogP contribution in [0, 0.1) is 6.92 Å².